The molecule has 0 aliphatic carbocycles. The smallest absolute Gasteiger partial charge is 0.255 e. The molecule has 2 aromatic rings. The van der Waals surface area contributed by atoms with Crippen molar-refractivity contribution in [1.82, 2.24) is 0 Å². The van der Waals surface area contributed by atoms with E-state index in [0.29, 0.717) is 11.3 Å². The van der Waals surface area contributed by atoms with Gasteiger partial charge in [-0.1, -0.05) is 17.7 Å². The van der Waals surface area contributed by atoms with Gasteiger partial charge in [-0.2, -0.15) is 0 Å². The molecule has 0 atom stereocenters. The van der Waals surface area contributed by atoms with Crippen molar-refractivity contribution in [2.24, 2.45) is 0 Å². The van der Waals surface area contributed by atoms with Crippen LogP contribution in [0.2, 0.25) is 0 Å². The normalized spacial score (nSPS) is 10.4. The molecule has 2 aromatic carbocycles. The summed E-state index contributed by atoms with van der Waals surface area (Å²) in [5, 5.41) is 2.99. The van der Waals surface area contributed by atoms with Crippen molar-refractivity contribution in [2.75, 3.05) is 11.1 Å². The van der Waals surface area contributed by atoms with E-state index < -0.39 is 0 Å². The number of carbonyl (C=O) groups is 1. The van der Waals surface area contributed by atoms with Crippen LogP contribution in [-0.2, 0) is 0 Å². The quantitative estimate of drug-likeness (QED) is 0.815. The summed E-state index contributed by atoms with van der Waals surface area (Å²) in [6, 6.07) is 9.55. The van der Waals surface area contributed by atoms with E-state index in [2.05, 4.69) is 5.32 Å². The Labute approximate surface area is 119 Å². The highest BCUT2D eigenvalue weighted by molar-refractivity contribution is 6.06. The summed E-state index contributed by atoms with van der Waals surface area (Å²) in [4.78, 5) is 12.4. The van der Waals surface area contributed by atoms with Crippen molar-refractivity contribution < 1.29 is 4.79 Å². The molecule has 20 heavy (non-hydrogen) atoms. The van der Waals surface area contributed by atoms with Gasteiger partial charge >= 0.3 is 0 Å². The molecule has 0 unspecified atom stereocenters. The van der Waals surface area contributed by atoms with Crippen LogP contribution in [0.5, 0.6) is 0 Å². The summed E-state index contributed by atoms with van der Waals surface area (Å²) in [6.07, 6.45) is 0. The maximum atomic E-state index is 12.4. The van der Waals surface area contributed by atoms with Gasteiger partial charge in [0.15, 0.2) is 0 Å². The summed E-state index contributed by atoms with van der Waals surface area (Å²) in [6.45, 7) is 7.86. The molecule has 0 spiro atoms. The van der Waals surface area contributed by atoms with Gasteiger partial charge in [0, 0.05) is 16.9 Å². The fraction of sp³-hybridized carbons (Fsp3) is 0.235. The van der Waals surface area contributed by atoms with Crippen molar-refractivity contribution in [2.45, 2.75) is 27.7 Å². The van der Waals surface area contributed by atoms with Gasteiger partial charge in [-0.25, -0.2) is 0 Å². The summed E-state index contributed by atoms with van der Waals surface area (Å²) in [5.41, 5.74) is 12.1. The predicted octanol–water partition coefficient (Wildman–Crippen LogP) is 3.75. The van der Waals surface area contributed by atoms with Crippen molar-refractivity contribution in [3.8, 4) is 0 Å². The molecule has 1 amide bonds. The first kappa shape index (κ1) is 14.1. The first-order chi connectivity index (χ1) is 9.38. The third-order valence-electron chi connectivity index (χ3n) is 3.42. The van der Waals surface area contributed by atoms with Crippen LogP contribution < -0.4 is 11.1 Å². The number of amides is 1. The number of nitrogens with one attached hydrogen (secondary N) is 1. The first-order valence-corrected chi connectivity index (χ1v) is 6.64. The SMILES string of the molecule is Cc1ccc(C(=O)Nc2c(C)cc(N)cc2C)c(C)c1. The Morgan fingerprint density at radius 2 is 1.55 bits per heavy atom. The van der Waals surface area contributed by atoms with E-state index in [0.717, 1.165) is 27.9 Å². The van der Waals surface area contributed by atoms with Crippen LogP contribution in [0.4, 0.5) is 11.4 Å². The molecule has 104 valence electrons. The second-order valence-corrected chi connectivity index (χ2v) is 5.30. The van der Waals surface area contributed by atoms with Gasteiger partial charge < -0.3 is 11.1 Å². The molecular weight excluding hydrogens is 248 g/mol. The summed E-state index contributed by atoms with van der Waals surface area (Å²) in [5.74, 6) is -0.0847. The number of hydrogen-bond acceptors (Lipinski definition) is 2. The summed E-state index contributed by atoms with van der Waals surface area (Å²) in [7, 11) is 0. The second kappa shape index (κ2) is 5.37. The number of benzene rings is 2. The van der Waals surface area contributed by atoms with Crippen molar-refractivity contribution in [3.05, 3.63) is 58.1 Å². The Morgan fingerprint density at radius 3 is 2.10 bits per heavy atom. The summed E-state index contributed by atoms with van der Waals surface area (Å²) >= 11 is 0. The Hall–Kier alpha value is -2.29. The van der Waals surface area contributed by atoms with Gasteiger partial charge in [-0.05, 0) is 62.6 Å². The molecule has 3 heteroatoms. The van der Waals surface area contributed by atoms with Crippen LogP contribution in [0.25, 0.3) is 0 Å². The minimum atomic E-state index is -0.0847. The molecule has 0 fully saturated rings. The van der Waals surface area contributed by atoms with Crippen LogP contribution in [0.15, 0.2) is 30.3 Å². The molecule has 0 saturated heterocycles. The topological polar surface area (TPSA) is 55.1 Å². The number of nitrogen functional groups attached to an aromatic ring is 1. The zero-order valence-electron chi connectivity index (χ0n) is 12.4. The molecule has 2 rings (SSSR count). The number of aryl methyl sites for hydroxylation is 4. The fourth-order valence-corrected chi connectivity index (χ4v) is 2.44. The van der Waals surface area contributed by atoms with Crippen molar-refractivity contribution >= 4 is 17.3 Å². The van der Waals surface area contributed by atoms with E-state index in [1.165, 1.54) is 0 Å². The highest BCUT2D eigenvalue weighted by atomic mass is 16.1. The predicted molar refractivity (Wildman–Crippen MR) is 84.2 cm³/mol. The maximum Gasteiger partial charge on any atom is 0.255 e. The Kier molecular flexibility index (Phi) is 3.79. The number of hydrogen-bond donors (Lipinski definition) is 2. The molecule has 3 nitrogen and oxygen atoms in total. The molecule has 0 heterocycles. The largest absolute Gasteiger partial charge is 0.399 e. The minimum absolute atomic E-state index is 0.0847. The van der Waals surface area contributed by atoms with E-state index in [1.807, 2.05) is 58.0 Å². The average molecular weight is 268 g/mol. The van der Waals surface area contributed by atoms with E-state index in [-0.39, 0.29) is 5.91 Å². The molecule has 0 bridgehead atoms. The zero-order chi connectivity index (χ0) is 14.9. The average Bonchev–Trinajstić information content (AvgIpc) is 2.33. The number of rotatable bonds is 2. The molecule has 0 radical (unpaired) electrons. The van der Waals surface area contributed by atoms with Gasteiger partial charge in [0.25, 0.3) is 5.91 Å². The first-order valence-electron chi connectivity index (χ1n) is 6.64. The van der Waals surface area contributed by atoms with Crippen molar-refractivity contribution in [1.29, 1.82) is 0 Å². The van der Waals surface area contributed by atoms with Gasteiger partial charge in [0.05, 0.1) is 0 Å². The van der Waals surface area contributed by atoms with Crippen LogP contribution in [0.3, 0.4) is 0 Å². The van der Waals surface area contributed by atoms with Crippen LogP contribution in [0, 0.1) is 27.7 Å². The van der Waals surface area contributed by atoms with E-state index in [1.54, 1.807) is 0 Å². The van der Waals surface area contributed by atoms with Gasteiger partial charge in [-0.3, -0.25) is 4.79 Å². The lowest BCUT2D eigenvalue weighted by Crippen LogP contribution is -2.15. The van der Waals surface area contributed by atoms with Gasteiger partial charge in [0.1, 0.15) is 0 Å². The Morgan fingerprint density at radius 1 is 0.950 bits per heavy atom. The molecule has 0 aliphatic rings. The highest BCUT2D eigenvalue weighted by Gasteiger charge is 2.12. The number of nitrogens with two attached hydrogens (primary N) is 1. The molecule has 3 N–H and O–H groups in total. The van der Waals surface area contributed by atoms with Gasteiger partial charge in [0.2, 0.25) is 0 Å². The van der Waals surface area contributed by atoms with Crippen LogP contribution >= 0.6 is 0 Å². The standard InChI is InChI=1S/C17H20N2O/c1-10-5-6-15(11(2)7-10)17(20)19-16-12(3)8-14(18)9-13(16)4/h5-9H,18H2,1-4H3,(H,19,20). The third-order valence-corrected chi connectivity index (χ3v) is 3.42. The highest BCUT2D eigenvalue weighted by Crippen LogP contribution is 2.24. The number of carbonyl (C=O) groups excluding carboxylic acids is 1. The lowest BCUT2D eigenvalue weighted by Gasteiger charge is -2.14. The fourth-order valence-electron chi connectivity index (χ4n) is 2.44. The molecule has 0 saturated carbocycles. The maximum absolute atomic E-state index is 12.4. The van der Waals surface area contributed by atoms with E-state index in [4.69, 9.17) is 5.73 Å². The van der Waals surface area contributed by atoms with Crippen molar-refractivity contribution in [3.63, 3.8) is 0 Å². The lowest BCUT2D eigenvalue weighted by molar-refractivity contribution is 0.102. The minimum Gasteiger partial charge on any atom is -0.399 e. The Bertz CT molecular complexity index is 652. The lowest BCUT2D eigenvalue weighted by atomic mass is 10.0. The second-order valence-electron chi connectivity index (χ2n) is 5.30. The van der Waals surface area contributed by atoms with E-state index >= 15 is 0 Å². The molecular formula is C17H20N2O. The molecule has 0 aromatic heterocycles. The zero-order valence-corrected chi connectivity index (χ0v) is 12.4. The van der Waals surface area contributed by atoms with Crippen LogP contribution in [-0.4, -0.2) is 5.91 Å². The summed E-state index contributed by atoms with van der Waals surface area (Å²) < 4.78 is 0. The monoisotopic (exact) mass is 268 g/mol. The number of anilines is 2. The Balaban J connectivity index is 2.33. The van der Waals surface area contributed by atoms with E-state index in [9.17, 15) is 4.79 Å². The van der Waals surface area contributed by atoms with Crippen LogP contribution in [0.1, 0.15) is 32.6 Å². The third kappa shape index (κ3) is 2.82. The molecule has 0 aliphatic heterocycles. The van der Waals surface area contributed by atoms with Gasteiger partial charge in [-0.15, -0.1) is 0 Å².